The largest absolute Gasteiger partial charge is 0.322 e. The van der Waals surface area contributed by atoms with E-state index in [1.165, 1.54) is 36.4 Å². The minimum atomic E-state index is -4.44. The zero-order chi connectivity index (χ0) is 29.1. The van der Waals surface area contributed by atoms with Gasteiger partial charge in [0.2, 0.25) is 0 Å². The van der Waals surface area contributed by atoms with Crippen LogP contribution in [0.2, 0.25) is 0 Å². The highest BCUT2D eigenvalue weighted by Crippen LogP contribution is 2.30. The number of non-ortho nitro benzene ring substituents is 1. The van der Waals surface area contributed by atoms with E-state index in [2.05, 4.69) is 10.6 Å². The lowest BCUT2D eigenvalue weighted by Crippen LogP contribution is -2.12. The van der Waals surface area contributed by atoms with Crippen molar-refractivity contribution in [3.63, 3.8) is 0 Å². The first kappa shape index (κ1) is 27.2. The SMILES string of the molecule is O=C(Nc1ccc(-c2ccc(C(=O)Nc3ccc(S(=O)(=O)O)c4ccccc34)cc2)cc1)c1ccc([N+](=O)[O-])cc1. The molecule has 0 heterocycles. The fourth-order valence-corrected chi connectivity index (χ4v) is 4.99. The van der Waals surface area contributed by atoms with Crippen molar-refractivity contribution in [1.29, 1.82) is 0 Å². The predicted molar refractivity (Wildman–Crippen MR) is 155 cm³/mol. The van der Waals surface area contributed by atoms with Gasteiger partial charge in [-0.25, -0.2) is 0 Å². The Morgan fingerprint density at radius 1 is 0.659 bits per heavy atom. The molecule has 11 heteroatoms. The molecule has 0 aromatic heterocycles. The topological polar surface area (TPSA) is 156 Å². The smallest absolute Gasteiger partial charge is 0.295 e. The Kier molecular flexibility index (Phi) is 7.30. The second-order valence-corrected chi connectivity index (χ2v) is 10.4. The molecule has 0 saturated heterocycles. The van der Waals surface area contributed by atoms with Crippen LogP contribution in [0, 0.1) is 10.1 Å². The van der Waals surface area contributed by atoms with Crippen LogP contribution in [0.4, 0.5) is 17.1 Å². The van der Waals surface area contributed by atoms with Crippen LogP contribution in [0.3, 0.4) is 0 Å². The molecule has 0 bridgehead atoms. The first-order valence-corrected chi connectivity index (χ1v) is 13.6. The lowest BCUT2D eigenvalue weighted by Gasteiger charge is -2.12. The second-order valence-electron chi connectivity index (χ2n) is 9.00. The maximum Gasteiger partial charge on any atom is 0.295 e. The van der Waals surface area contributed by atoms with Crippen LogP contribution in [-0.2, 0) is 10.1 Å². The van der Waals surface area contributed by atoms with Crippen molar-refractivity contribution in [3.05, 3.63) is 130 Å². The van der Waals surface area contributed by atoms with Gasteiger partial charge in [-0.1, -0.05) is 48.5 Å². The van der Waals surface area contributed by atoms with Crippen LogP contribution in [0.15, 0.2) is 114 Å². The highest BCUT2D eigenvalue weighted by atomic mass is 32.2. The number of fused-ring (bicyclic) bond motifs is 1. The molecule has 10 nitrogen and oxygen atoms in total. The van der Waals surface area contributed by atoms with Gasteiger partial charge in [0.1, 0.15) is 4.90 Å². The lowest BCUT2D eigenvalue weighted by molar-refractivity contribution is -0.384. The third kappa shape index (κ3) is 5.96. The molecule has 0 spiro atoms. The van der Waals surface area contributed by atoms with Crippen LogP contribution >= 0.6 is 0 Å². The molecule has 41 heavy (non-hydrogen) atoms. The molecule has 3 N–H and O–H groups in total. The van der Waals surface area contributed by atoms with Crippen molar-refractivity contribution in [3.8, 4) is 11.1 Å². The monoisotopic (exact) mass is 567 g/mol. The molecule has 0 saturated carbocycles. The van der Waals surface area contributed by atoms with Crippen molar-refractivity contribution >= 4 is 49.8 Å². The number of hydrogen-bond donors (Lipinski definition) is 3. The predicted octanol–water partition coefficient (Wildman–Crippen LogP) is 6.17. The molecule has 5 rings (SSSR count). The molecule has 5 aromatic carbocycles. The van der Waals surface area contributed by atoms with E-state index >= 15 is 0 Å². The third-order valence-corrected chi connectivity index (χ3v) is 7.29. The van der Waals surface area contributed by atoms with Crippen molar-refractivity contribution < 1.29 is 27.5 Å². The highest BCUT2D eigenvalue weighted by Gasteiger charge is 2.17. The summed E-state index contributed by atoms with van der Waals surface area (Å²) in [5, 5.41) is 17.1. The Labute approximate surface area is 234 Å². The van der Waals surface area contributed by atoms with Crippen molar-refractivity contribution in [2.24, 2.45) is 0 Å². The summed E-state index contributed by atoms with van der Waals surface area (Å²) in [6.07, 6.45) is 0. The number of benzene rings is 5. The number of carbonyl (C=O) groups is 2. The molecule has 0 aliphatic heterocycles. The summed E-state index contributed by atoms with van der Waals surface area (Å²) in [5.41, 5.74) is 3.18. The summed E-state index contributed by atoms with van der Waals surface area (Å²) in [7, 11) is -4.44. The van der Waals surface area contributed by atoms with Crippen LogP contribution in [-0.4, -0.2) is 29.7 Å². The average molecular weight is 568 g/mol. The van der Waals surface area contributed by atoms with Gasteiger partial charge in [0.05, 0.1) is 4.92 Å². The summed E-state index contributed by atoms with van der Waals surface area (Å²) in [6.45, 7) is 0. The Morgan fingerprint density at radius 3 is 1.73 bits per heavy atom. The van der Waals surface area contributed by atoms with Gasteiger partial charge in [-0.2, -0.15) is 8.42 Å². The molecule has 204 valence electrons. The summed E-state index contributed by atoms with van der Waals surface area (Å²) in [5.74, 6) is -0.797. The fraction of sp³-hybridized carbons (Fsp3) is 0. The van der Waals surface area contributed by atoms with Crippen molar-refractivity contribution in [1.82, 2.24) is 0 Å². The Morgan fingerprint density at radius 2 is 1.17 bits per heavy atom. The Balaban J connectivity index is 1.27. The Bertz CT molecular complexity index is 1900. The van der Waals surface area contributed by atoms with Gasteiger partial charge in [0, 0.05) is 45.4 Å². The molecule has 0 atom stereocenters. The first-order chi connectivity index (χ1) is 19.6. The summed E-state index contributed by atoms with van der Waals surface area (Å²) >= 11 is 0. The molecule has 0 fully saturated rings. The molecular weight excluding hydrogens is 546 g/mol. The Hall–Kier alpha value is -5.39. The van der Waals surface area contributed by atoms with Gasteiger partial charge >= 0.3 is 0 Å². The van der Waals surface area contributed by atoms with Crippen LogP contribution in [0.1, 0.15) is 20.7 Å². The fourth-order valence-electron chi connectivity index (χ4n) is 4.30. The molecule has 0 unspecified atom stereocenters. The van der Waals surface area contributed by atoms with Gasteiger partial charge in [-0.15, -0.1) is 0 Å². The highest BCUT2D eigenvalue weighted by molar-refractivity contribution is 7.86. The lowest BCUT2D eigenvalue weighted by atomic mass is 10.0. The van der Waals surface area contributed by atoms with Gasteiger partial charge in [0.15, 0.2) is 0 Å². The first-order valence-electron chi connectivity index (χ1n) is 12.2. The molecule has 0 aliphatic carbocycles. The number of anilines is 2. The molecule has 0 radical (unpaired) electrons. The van der Waals surface area contributed by atoms with E-state index in [1.54, 1.807) is 60.7 Å². The maximum absolute atomic E-state index is 13.0. The number of nitro groups is 1. The molecular formula is C30H21N3O7S. The maximum atomic E-state index is 13.0. The number of nitrogens with one attached hydrogen (secondary N) is 2. The number of hydrogen-bond acceptors (Lipinski definition) is 6. The average Bonchev–Trinajstić information content (AvgIpc) is 2.97. The van der Waals surface area contributed by atoms with E-state index < -0.39 is 26.9 Å². The molecule has 2 amide bonds. The van der Waals surface area contributed by atoms with E-state index in [9.17, 15) is 32.7 Å². The standard InChI is InChI=1S/C30H21N3O7S/c34-29(22-11-15-24(16-12-22)33(36)37)31-23-13-9-20(10-14-23)19-5-7-21(8-6-19)30(35)32-27-17-18-28(41(38,39)40)26-4-2-1-3-25(26)27/h1-18H,(H,31,34)(H,32,35)(H,38,39,40). The third-order valence-electron chi connectivity index (χ3n) is 6.37. The minimum absolute atomic E-state index is 0.0998. The summed E-state index contributed by atoms with van der Waals surface area (Å²) < 4.78 is 33.0. The normalized spacial score (nSPS) is 11.1. The van der Waals surface area contributed by atoms with E-state index in [-0.39, 0.29) is 21.5 Å². The van der Waals surface area contributed by atoms with Crippen LogP contribution in [0.25, 0.3) is 21.9 Å². The van der Waals surface area contributed by atoms with E-state index in [0.29, 0.717) is 22.3 Å². The number of rotatable bonds is 7. The molecule has 5 aromatic rings. The molecule has 0 aliphatic rings. The number of carbonyl (C=O) groups excluding carboxylic acids is 2. The number of nitrogens with zero attached hydrogens (tertiary/aromatic N) is 1. The second kappa shape index (κ2) is 11.0. The number of amides is 2. The zero-order valence-electron chi connectivity index (χ0n) is 21.1. The number of nitro benzene ring substituents is 1. The van der Waals surface area contributed by atoms with Crippen molar-refractivity contribution in [2.75, 3.05) is 10.6 Å². The summed E-state index contributed by atoms with van der Waals surface area (Å²) in [4.78, 5) is 35.4. The zero-order valence-corrected chi connectivity index (χ0v) is 22.0. The van der Waals surface area contributed by atoms with E-state index in [0.717, 1.165) is 11.1 Å². The van der Waals surface area contributed by atoms with Crippen LogP contribution in [0.5, 0.6) is 0 Å². The van der Waals surface area contributed by atoms with Crippen LogP contribution < -0.4 is 10.6 Å². The van der Waals surface area contributed by atoms with E-state index in [4.69, 9.17) is 0 Å². The van der Waals surface area contributed by atoms with E-state index in [1.807, 2.05) is 12.1 Å². The van der Waals surface area contributed by atoms with Gasteiger partial charge < -0.3 is 10.6 Å². The quantitative estimate of drug-likeness (QED) is 0.121. The van der Waals surface area contributed by atoms with Gasteiger partial charge in [-0.3, -0.25) is 24.3 Å². The minimum Gasteiger partial charge on any atom is -0.322 e. The summed E-state index contributed by atoms with van der Waals surface area (Å²) in [6, 6.07) is 28.5. The van der Waals surface area contributed by atoms with Gasteiger partial charge in [0.25, 0.3) is 27.6 Å². The van der Waals surface area contributed by atoms with Crippen molar-refractivity contribution in [2.45, 2.75) is 4.90 Å². The van der Waals surface area contributed by atoms with Gasteiger partial charge in [-0.05, 0) is 59.7 Å².